The lowest BCUT2D eigenvalue weighted by Crippen LogP contribution is -2.27. The normalized spacial score (nSPS) is 25.6. The van der Waals surface area contributed by atoms with Gasteiger partial charge in [0.15, 0.2) is 0 Å². The Labute approximate surface area is 92.7 Å². The van der Waals surface area contributed by atoms with Gasteiger partial charge in [0.25, 0.3) is 0 Å². The fourth-order valence-electron chi connectivity index (χ4n) is 1.66. The Balaban J connectivity index is 2.33. The van der Waals surface area contributed by atoms with Gasteiger partial charge in [-0.3, -0.25) is 4.79 Å². The molecule has 1 unspecified atom stereocenters. The van der Waals surface area contributed by atoms with E-state index in [1.54, 1.807) is 0 Å². The molecule has 0 aliphatic heterocycles. The number of hydrogen-bond acceptors (Lipinski definition) is 2. The Kier molecular flexibility index (Phi) is 3.58. The van der Waals surface area contributed by atoms with Crippen molar-refractivity contribution in [2.75, 3.05) is 0 Å². The Morgan fingerprint density at radius 3 is 2.60 bits per heavy atom. The van der Waals surface area contributed by atoms with Crippen LogP contribution in [0.1, 0.15) is 53.4 Å². The average molecular weight is 210 g/mol. The third-order valence-corrected chi connectivity index (χ3v) is 2.70. The fraction of sp³-hybridized carbons (Fsp3) is 0.769. The maximum atomic E-state index is 11.6. The van der Waals surface area contributed by atoms with E-state index < -0.39 is 0 Å². The van der Waals surface area contributed by atoms with Gasteiger partial charge < -0.3 is 4.74 Å². The summed E-state index contributed by atoms with van der Waals surface area (Å²) in [4.78, 5) is 11.6. The fourth-order valence-corrected chi connectivity index (χ4v) is 1.66. The zero-order valence-electron chi connectivity index (χ0n) is 10.3. The monoisotopic (exact) mass is 210 g/mol. The van der Waals surface area contributed by atoms with E-state index in [4.69, 9.17) is 4.74 Å². The molecule has 0 saturated carbocycles. The summed E-state index contributed by atoms with van der Waals surface area (Å²) in [7, 11) is 0. The van der Waals surface area contributed by atoms with Gasteiger partial charge in [0.05, 0.1) is 0 Å². The smallest absolute Gasteiger partial charge is 0.306 e. The van der Waals surface area contributed by atoms with Crippen LogP contribution in [0.25, 0.3) is 0 Å². The lowest BCUT2D eigenvalue weighted by atomic mass is 9.90. The van der Waals surface area contributed by atoms with Crippen molar-refractivity contribution in [1.29, 1.82) is 0 Å². The van der Waals surface area contributed by atoms with Gasteiger partial charge in [-0.05, 0) is 37.7 Å². The van der Waals surface area contributed by atoms with E-state index in [1.807, 2.05) is 13.0 Å². The van der Waals surface area contributed by atoms with Crippen LogP contribution in [-0.2, 0) is 9.53 Å². The van der Waals surface area contributed by atoms with Crippen LogP contribution in [-0.4, -0.2) is 11.6 Å². The quantitative estimate of drug-likeness (QED) is 0.526. The summed E-state index contributed by atoms with van der Waals surface area (Å²) in [6, 6.07) is 0. The number of carbonyl (C=O) groups is 1. The molecule has 0 heterocycles. The second kappa shape index (κ2) is 4.38. The molecule has 0 amide bonds. The van der Waals surface area contributed by atoms with E-state index in [0.29, 0.717) is 6.42 Å². The van der Waals surface area contributed by atoms with E-state index >= 15 is 0 Å². The molecule has 0 aromatic carbocycles. The Morgan fingerprint density at radius 2 is 2.13 bits per heavy atom. The minimum atomic E-state index is -0.338. The number of allylic oxidation sites excluding steroid dienone is 1. The molecule has 0 aromatic rings. The van der Waals surface area contributed by atoms with Gasteiger partial charge in [0, 0.05) is 6.42 Å². The SMILES string of the molecule is CC(C)(C)CCC(=O)OC1(C)C=CCC1. The van der Waals surface area contributed by atoms with Crippen LogP contribution in [0.4, 0.5) is 0 Å². The van der Waals surface area contributed by atoms with Crippen molar-refractivity contribution in [2.45, 2.75) is 59.0 Å². The van der Waals surface area contributed by atoms with Crippen molar-refractivity contribution in [3.63, 3.8) is 0 Å². The van der Waals surface area contributed by atoms with Crippen LogP contribution in [0.15, 0.2) is 12.2 Å². The Morgan fingerprint density at radius 1 is 1.47 bits per heavy atom. The van der Waals surface area contributed by atoms with Gasteiger partial charge in [-0.15, -0.1) is 0 Å². The molecule has 0 aromatic heterocycles. The Hall–Kier alpha value is -0.790. The van der Waals surface area contributed by atoms with Crippen molar-refractivity contribution < 1.29 is 9.53 Å². The van der Waals surface area contributed by atoms with Gasteiger partial charge in [-0.2, -0.15) is 0 Å². The maximum absolute atomic E-state index is 11.6. The van der Waals surface area contributed by atoms with Crippen molar-refractivity contribution in [1.82, 2.24) is 0 Å². The molecule has 86 valence electrons. The molecule has 15 heavy (non-hydrogen) atoms. The van der Waals surface area contributed by atoms with Gasteiger partial charge >= 0.3 is 5.97 Å². The minimum Gasteiger partial charge on any atom is -0.455 e. The van der Waals surface area contributed by atoms with E-state index in [1.165, 1.54) is 0 Å². The van der Waals surface area contributed by atoms with Gasteiger partial charge in [-0.25, -0.2) is 0 Å². The van der Waals surface area contributed by atoms with Crippen molar-refractivity contribution in [3.05, 3.63) is 12.2 Å². The molecular formula is C13H22O2. The van der Waals surface area contributed by atoms with Gasteiger partial charge in [0.1, 0.15) is 5.60 Å². The van der Waals surface area contributed by atoms with Crippen molar-refractivity contribution >= 4 is 5.97 Å². The van der Waals surface area contributed by atoms with Crippen LogP contribution in [0, 0.1) is 5.41 Å². The lowest BCUT2D eigenvalue weighted by Gasteiger charge is -2.24. The zero-order chi connectivity index (χ0) is 11.5. The van der Waals surface area contributed by atoms with E-state index in [0.717, 1.165) is 19.3 Å². The molecule has 0 bridgehead atoms. The lowest BCUT2D eigenvalue weighted by molar-refractivity contribution is -0.154. The second-order valence-electron chi connectivity index (χ2n) is 5.79. The molecule has 2 heteroatoms. The highest BCUT2D eigenvalue weighted by atomic mass is 16.6. The molecule has 2 nitrogen and oxygen atoms in total. The molecule has 0 fully saturated rings. The molecule has 1 atom stereocenters. The van der Waals surface area contributed by atoms with Crippen LogP contribution in [0.3, 0.4) is 0 Å². The first-order valence-electron chi connectivity index (χ1n) is 5.70. The number of esters is 1. The van der Waals surface area contributed by atoms with Crippen molar-refractivity contribution in [3.8, 4) is 0 Å². The zero-order valence-corrected chi connectivity index (χ0v) is 10.3. The first-order valence-corrected chi connectivity index (χ1v) is 5.70. The first-order chi connectivity index (χ1) is 6.81. The van der Waals surface area contributed by atoms with Gasteiger partial charge in [0.2, 0.25) is 0 Å². The third-order valence-electron chi connectivity index (χ3n) is 2.70. The average Bonchev–Trinajstić information content (AvgIpc) is 2.47. The first kappa shape index (κ1) is 12.3. The van der Waals surface area contributed by atoms with Crippen LogP contribution in [0.5, 0.6) is 0 Å². The second-order valence-corrected chi connectivity index (χ2v) is 5.79. The largest absolute Gasteiger partial charge is 0.455 e. The highest BCUT2D eigenvalue weighted by Crippen LogP contribution is 2.28. The summed E-state index contributed by atoms with van der Waals surface area (Å²) >= 11 is 0. The molecule has 1 rings (SSSR count). The molecule has 0 spiro atoms. The summed E-state index contributed by atoms with van der Waals surface area (Å²) in [6.07, 6.45) is 7.43. The highest BCUT2D eigenvalue weighted by Gasteiger charge is 2.28. The predicted molar refractivity (Wildman–Crippen MR) is 61.6 cm³/mol. The molecule has 0 saturated heterocycles. The number of ether oxygens (including phenoxy) is 1. The molecule has 1 aliphatic rings. The van der Waals surface area contributed by atoms with Crippen LogP contribution < -0.4 is 0 Å². The summed E-state index contributed by atoms with van der Waals surface area (Å²) in [6.45, 7) is 8.39. The third kappa shape index (κ3) is 4.50. The van der Waals surface area contributed by atoms with E-state index in [9.17, 15) is 4.79 Å². The van der Waals surface area contributed by atoms with Crippen LogP contribution >= 0.6 is 0 Å². The molecule has 1 aliphatic carbocycles. The minimum absolute atomic E-state index is 0.0704. The summed E-state index contributed by atoms with van der Waals surface area (Å²) in [5, 5.41) is 0. The van der Waals surface area contributed by atoms with Gasteiger partial charge in [-0.1, -0.05) is 26.8 Å². The summed E-state index contributed by atoms with van der Waals surface area (Å²) in [5.41, 5.74) is -0.138. The standard InChI is InChI=1S/C13H22O2/c1-12(2,3)10-7-11(14)15-13(4)8-5-6-9-13/h5,8H,6-7,9-10H2,1-4H3. The number of hydrogen-bond donors (Lipinski definition) is 0. The van der Waals surface area contributed by atoms with Crippen LogP contribution in [0.2, 0.25) is 0 Å². The summed E-state index contributed by atoms with van der Waals surface area (Å²) in [5.74, 6) is -0.0704. The number of carbonyl (C=O) groups excluding carboxylic acids is 1. The number of rotatable bonds is 3. The molecular weight excluding hydrogens is 188 g/mol. The topological polar surface area (TPSA) is 26.3 Å². The van der Waals surface area contributed by atoms with Crippen molar-refractivity contribution in [2.24, 2.45) is 5.41 Å². The Bertz CT molecular complexity index is 260. The van der Waals surface area contributed by atoms with E-state index in [-0.39, 0.29) is 17.0 Å². The maximum Gasteiger partial charge on any atom is 0.306 e. The molecule has 0 N–H and O–H groups in total. The molecule has 0 radical (unpaired) electrons. The highest BCUT2D eigenvalue weighted by molar-refractivity contribution is 5.70. The van der Waals surface area contributed by atoms with E-state index in [2.05, 4.69) is 26.8 Å². The summed E-state index contributed by atoms with van der Waals surface area (Å²) < 4.78 is 5.47. The predicted octanol–water partition coefficient (Wildman–Crippen LogP) is 3.46.